The molecule has 1 N–H and O–H groups in total. The van der Waals surface area contributed by atoms with Crippen molar-refractivity contribution in [1.82, 2.24) is 4.90 Å². The summed E-state index contributed by atoms with van der Waals surface area (Å²) in [7, 11) is 0. The van der Waals surface area contributed by atoms with Crippen LogP contribution in [0.1, 0.15) is 27.2 Å². The summed E-state index contributed by atoms with van der Waals surface area (Å²) in [6.07, 6.45) is -1.62. The van der Waals surface area contributed by atoms with Gasteiger partial charge in [0.25, 0.3) is 0 Å². The van der Waals surface area contributed by atoms with E-state index in [0.29, 0.717) is 0 Å². The van der Waals surface area contributed by atoms with E-state index >= 15 is 0 Å². The minimum atomic E-state index is -1.22. The number of carbonyl (C=O) groups is 2. The van der Waals surface area contributed by atoms with Crippen molar-refractivity contribution in [1.29, 1.82) is 0 Å². The highest BCUT2D eigenvalue weighted by Crippen LogP contribution is 2.27. The molecule has 1 aromatic carbocycles. The molecule has 1 amide bonds. The second-order valence-electron chi connectivity index (χ2n) is 6.51. The molecular formula is C16H19F2NO5. The Morgan fingerprint density at radius 3 is 2.54 bits per heavy atom. The van der Waals surface area contributed by atoms with Gasteiger partial charge in [0, 0.05) is 6.42 Å². The monoisotopic (exact) mass is 343 g/mol. The molecule has 6 nitrogen and oxygen atoms in total. The van der Waals surface area contributed by atoms with Crippen LogP contribution in [0.2, 0.25) is 0 Å². The first-order valence-electron chi connectivity index (χ1n) is 7.41. The summed E-state index contributed by atoms with van der Waals surface area (Å²) in [5.74, 6) is -3.76. The molecule has 0 unspecified atom stereocenters. The maximum atomic E-state index is 13.7. The standard InChI is InChI=1S/C16H19F2NO5/c1-16(2,3)24-15(22)19-8-9(7-11(19)14(20)21)23-12-6-4-5-10(17)13(12)18/h4-6,9,11H,7-8H2,1-3H3,(H,20,21)/t9-,11-/m0/s1. The van der Waals surface area contributed by atoms with Gasteiger partial charge in [-0.15, -0.1) is 0 Å². The molecular weight excluding hydrogens is 324 g/mol. The molecule has 132 valence electrons. The topological polar surface area (TPSA) is 76.1 Å². The van der Waals surface area contributed by atoms with Gasteiger partial charge in [-0.05, 0) is 32.9 Å². The van der Waals surface area contributed by atoms with Crippen LogP contribution >= 0.6 is 0 Å². The molecule has 0 saturated carbocycles. The van der Waals surface area contributed by atoms with E-state index in [1.54, 1.807) is 20.8 Å². The molecule has 0 spiro atoms. The van der Waals surface area contributed by atoms with Crippen molar-refractivity contribution in [2.75, 3.05) is 6.54 Å². The van der Waals surface area contributed by atoms with Crippen LogP contribution in [0.3, 0.4) is 0 Å². The SMILES string of the molecule is CC(C)(C)OC(=O)N1C[C@@H](Oc2cccc(F)c2F)C[C@H]1C(=O)O. The second-order valence-corrected chi connectivity index (χ2v) is 6.51. The van der Waals surface area contributed by atoms with Crippen molar-refractivity contribution >= 4 is 12.1 Å². The zero-order chi connectivity index (χ0) is 18.1. The third-order valence-electron chi connectivity index (χ3n) is 3.39. The molecule has 1 aliphatic rings. The van der Waals surface area contributed by atoms with Crippen molar-refractivity contribution in [2.45, 2.75) is 44.9 Å². The zero-order valence-electron chi connectivity index (χ0n) is 13.6. The number of ether oxygens (including phenoxy) is 2. The number of likely N-dealkylation sites (tertiary alicyclic amines) is 1. The van der Waals surface area contributed by atoms with E-state index in [9.17, 15) is 23.5 Å². The van der Waals surface area contributed by atoms with E-state index in [4.69, 9.17) is 9.47 Å². The lowest BCUT2D eigenvalue weighted by atomic mass is 10.2. The first-order chi connectivity index (χ1) is 11.1. The highest BCUT2D eigenvalue weighted by atomic mass is 19.2. The van der Waals surface area contributed by atoms with Crippen molar-refractivity contribution in [3.63, 3.8) is 0 Å². The van der Waals surface area contributed by atoms with Crippen LogP contribution in [0.5, 0.6) is 5.75 Å². The van der Waals surface area contributed by atoms with Crippen LogP contribution < -0.4 is 4.74 Å². The average molecular weight is 343 g/mol. The van der Waals surface area contributed by atoms with E-state index in [2.05, 4.69) is 0 Å². The largest absolute Gasteiger partial charge is 0.485 e. The van der Waals surface area contributed by atoms with Gasteiger partial charge < -0.3 is 14.6 Å². The van der Waals surface area contributed by atoms with Crippen LogP contribution in [-0.4, -0.2) is 46.4 Å². The number of carbonyl (C=O) groups excluding carboxylic acids is 1. The van der Waals surface area contributed by atoms with Crippen LogP contribution in [0.25, 0.3) is 0 Å². The summed E-state index contributed by atoms with van der Waals surface area (Å²) >= 11 is 0. The summed E-state index contributed by atoms with van der Waals surface area (Å²) in [5.41, 5.74) is -0.784. The summed E-state index contributed by atoms with van der Waals surface area (Å²) in [6, 6.07) is 2.32. The molecule has 0 aliphatic carbocycles. The van der Waals surface area contributed by atoms with E-state index < -0.39 is 41.4 Å². The Bertz CT molecular complexity index is 644. The number of halogens is 2. The summed E-state index contributed by atoms with van der Waals surface area (Å²) in [4.78, 5) is 24.5. The summed E-state index contributed by atoms with van der Waals surface area (Å²) in [5, 5.41) is 9.27. The molecule has 8 heteroatoms. The Labute approximate surface area is 138 Å². The number of benzene rings is 1. The molecule has 2 rings (SSSR count). The molecule has 1 aromatic rings. The lowest BCUT2D eigenvalue weighted by Crippen LogP contribution is -2.43. The number of hydrogen-bond acceptors (Lipinski definition) is 4. The van der Waals surface area contributed by atoms with Gasteiger partial charge in [-0.1, -0.05) is 6.07 Å². The number of hydrogen-bond donors (Lipinski definition) is 1. The fourth-order valence-electron chi connectivity index (χ4n) is 2.39. The highest BCUT2D eigenvalue weighted by Gasteiger charge is 2.42. The molecule has 0 aromatic heterocycles. The van der Waals surface area contributed by atoms with Crippen LogP contribution in [-0.2, 0) is 9.53 Å². The van der Waals surface area contributed by atoms with E-state index in [1.807, 2.05) is 0 Å². The molecule has 1 aliphatic heterocycles. The minimum Gasteiger partial charge on any atom is -0.485 e. The lowest BCUT2D eigenvalue weighted by Gasteiger charge is -2.26. The van der Waals surface area contributed by atoms with Gasteiger partial charge >= 0.3 is 12.1 Å². The number of amides is 1. The van der Waals surface area contributed by atoms with Gasteiger partial charge in [0.2, 0.25) is 5.82 Å². The average Bonchev–Trinajstić information content (AvgIpc) is 2.86. The second kappa shape index (κ2) is 6.62. The Hall–Kier alpha value is -2.38. The van der Waals surface area contributed by atoms with Gasteiger partial charge in [0.05, 0.1) is 6.54 Å². The van der Waals surface area contributed by atoms with Gasteiger partial charge in [-0.2, -0.15) is 4.39 Å². The van der Waals surface area contributed by atoms with Crippen LogP contribution in [0, 0.1) is 11.6 Å². The Balaban J connectivity index is 2.13. The van der Waals surface area contributed by atoms with Gasteiger partial charge in [0.15, 0.2) is 11.6 Å². The predicted molar refractivity (Wildman–Crippen MR) is 79.8 cm³/mol. The van der Waals surface area contributed by atoms with E-state index in [1.165, 1.54) is 12.1 Å². The van der Waals surface area contributed by atoms with Crippen LogP contribution in [0.15, 0.2) is 18.2 Å². The third kappa shape index (κ3) is 4.12. The first-order valence-corrected chi connectivity index (χ1v) is 7.41. The molecule has 1 saturated heterocycles. The predicted octanol–water partition coefficient (Wildman–Crippen LogP) is 2.81. The van der Waals surface area contributed by atoms with E-state index in [0.717, 1.165) is 11.0 Å². The Kier molecular flexibility index (Phi) is 4.96. The zero-order valence-corrected chi connectivity index (χ0v) is 13.6. The fourth-order valence-corrected chi connectivity index (χ4v) is 2.39. The maximum absolute atomic E-state index is 13.7. The highest BCUT2D eigenvalue weighted by molar-refractivity contribution is 5.81. The Morgan fingerprint density at radius 2 is 1.96 bits per heavy atom. The summed E-state index contributed by atoms with van der Waals surface area (Å²) in [6.45, 7) is 4.88. The molecule has 1 heterocycles. The number of carboxylic acid groups (broad SMARTS) is 1. The summed E-state index contributed by atoms with van der Waals surface area (Å²) < 4.78 is 37.4. The molecule has 0 radical (unpaired) electrons. The quantitative estimate of drug-likeness (QED) is 0.913. The molecule has 2 atom stereocenters. The minimum absolute atomic E-state index is 0.0511. The first kappa shape index (κ1) is 18.0. The number of rotatable bonds is 3. The number of nitrogens with zero attached hydrogens (tertiary/aromatic N) is 1. The van der Waals surface area contributed by atoms with E-state index in [-0.39, 0.29) is 18.7 Å². The third-order valence-corrected chi connectivity index (χ3v) is 3.39. The fraction of sp³-hybridized carbons (Fsp3) is 0.500. The van der Waals surface area contributed by atoms with Gasteiger partial charge in [-0.25, -0.2) is 14.0 Å². The number of aliphatic carboxylic acids is 1. The Morgan fingerprint density at radius 1 is 1.29 bits per heavy atom. The van der Waals surface area contributed by atoms with Gasteiger partial charge in [-0.3, -0.25) is 4.90 Å². The van der Waals surface area contributed by atoms with Crippen molar-refractivity contribution in [3.05, 3.63) is 29.8 Å². The van der Waals surface area contributed by atoms with Crippen LogP contribution in [0.4, 0.5) is 13.6 Å². The van der Waals surface area contributed by atoms with Crippen molar-refractivity contribution in [3.8, 4) is 5.75 Å². The van der Waals surface area contributed by atoms with Crippen molar-refractivity contribution < 1.29 is 33.0 Å². The molecule has 0 bridgehead atoms. The lowest BCUT2D eigenvalue weighted by molar-refractivity contribution is -0.142. The smallest absolute Gasteiger partial charge is 0.411 e. The maximum Gasteiger partial charge on any atom is 0.411 e. The molecule has 1 fully saturated rings. The van der Waals surface area contributed by atoms with Gasteiger partial charge in [0.1, 0.15) is 17.7 Å². The molecule has 24 heavy (non-hydrogen) atoms. The number of carboxylic acids is 1. The van der Waals surface area contributed by atoms with Crippen molar-refractivity contribution in [2.24, 2.45) is 0 Å². The normalized spacial score (nSPS) is 20.8.